The van der Waals surface area contributed by atoms with Gasteiger partial charge in [0.2, 0.25) is 0 Å². The lowest BCUT2D eigenvalue weighted by molar-refractivity contribution is -0.131. The van der Waals surface area contributed by atoms with Crippen molar-refractivity contribution in [3.8, 4) is 0 Å². The maximum Gasteiger partial charge on any atom is 0.328 e. The Morgan fingerprint density at radius 2 is 2.00 bits per heavy atom. The fourth-order valence-electron chi connectivity index (χ4n) is 2.86. The van der Waals surface area contributed by atoms with E-state index in [1.54, 1.807) is 6.08 Å². The monoisotopic (exact) mass is 288 g/mol. The predicted molar refractivity (Wildman–Crippen MR) is 85.1 cm³/mol. The van der Waals surface area contributed by atoms with Gasteiger partial charge in [-0.3, -0.25) is 9.80 Å². The first-order chi connectivity index (χ1) is 9.95. The van der Waals surface area contributed by atoms with Crippen molar-refractivity contribution in [2.45, 2.75) is 32.5 Å². The zero-order valence-electron chi connectivity index (χ0n) is 13.0. The van der Waals surface area contributed by atoms with Crippen LogP contribution in [0, 0.1) is 0 Å². The molecule has 1 heterocycles. The van der Waals surface area contributed by atoms with Crippen LogP contribution in [0.2, 0.25) is 0 Å². The highest BCUT2D eigenvalue weighted by Gasteiger charge is 2.26. The van der Waals surface area contributed by atoms with Gasteiger partial charge < -0.3 is 5.11 Å². The predicted octanol–water partition coefficient (Wildman–Crippen LogP) is 2.31. The molecule has 4 nitrogen and oxygen atoms in total. The minimum absolute atomic E-state index is 0.559. The van der Waals surface area contributed by atoms with Crippen molar-refractivity contribution in [2.75, 3.05) is 20.1 Å². The Bertz CT molecular complexity index is 515. The summed E-state index contributed by atoms with van der Waals surface area (Å²) < 4.78 is 0. The number of likely N-dealkylation sites (N-methyl/N-ethyl adjacent to an activating group) is 1. The number of aliphatic carboxylic acids is 1. The molecule has 1 aliphatic heterocycles. The number of nitrogens with zero attached hydrogens (tertiary/aromatic N) is 2. The molecule has 0 saturated carbocycles. The van der Waals surface area contributed by atoms with Crippen molar-refractivity contribution < 1.29 is 9.90 Å². The Morgan fingerprint density at radius 1 is 1.33 bits per heavy atom. The lowest BCUT2D eigenvalue weighted by Gasteiger charge is -2.42. The topological polar surface area (TPSA) is 43.8 Å². The first-order valence-corrected chi connectivity index (χ1v) is 7.40. The molecule has 4 heteroatoms. The zero-order valence-corrected chi connectivity index (χ0v) is 13.0. The number of carboxylic acids is 1. The molecule has 114 valence electrons. The first-order valence-electron chi connectivity index (χ1n) is 7.40. The summed E-state index contributed by atoms with van der Waals surface area (Å²) in [6.07, 6.45) is 2.82. The fourth-order valence-corrected chi connectivity index (χ4v) is 2.86. The minimum atomic E-state index is -0.915. The summed E-state index contributed by atoms with van der Waals surface area (Å²) in [5, 5.41) is 8.69. The van der Waals surface area contributed by atoms with Crippen LogP contribution in [0.4, 0.5) is 0 Å². The molecule has 21 heavy (non-hydrogen) atoms. The van der Waals surface area contributed by atoms with Crippen LogP contribution in [-0.2, 0) is 11.3 Å². The summed E-state index contributed by atoms with van der Waals surface area (Å²) in [4.78, 5) is 15.5. The highest BCUT2D eigenvalue weighted by atomic mass is 16.4. The quantitative estimate of drug-likeness (QED) is 0.864. The van der Waals surface area contributed by atoms with Crippen LogP contribution >= 0.6 is 0 Å². The van der Waals surface area contributed by atoms with Crippen molar-refractivity contribution in [2.24, 2.45) is 0 Å². The summed E-state index contributed by atoms with van der Waals surface area (Å²) in [6, 6.07) is 9.20. The second-order valence-electron chi connectivity index (χ2n) is 5.97. The van der Waals surface area contributed by atoms with Crippen LogP contribution in [0.5, 0.6) is 0 Å². The lowest BCUT2D eigenvalue weighted by atomic mass is 10.1. The fraction of sp³-hybridized carbons (Fsp3) is 0.471. The highest BCUT2D eigenvalue weighted by molar-refractivity contribution is 5.85. The molecular formula is C17H24N2O2. The van der Waals surface area contributed by atoms with E-state index in [1.165, 1.54) is 11.6 Å². The molecule has 1 N–H and O–H groups in total. The molecule has 2 rings (SSSR count). The molecule has 1 aromatic carbocycles. The molecule has 0 aromatic heterocycles. The number of carbonyl (C=O) groups is 1. The third-order valence-electron chi connectivity index (χ3n) is 4.21. The summed E-state index contributed by atoms with van der Waals surface area (Å²) >= 11 is 0. The second-order valence-corrected chi connectivity index (χ2v) is 5.97. The average molecular weight is 288 g/mol. The Kier molecular flexibility index (Phi) is 5.15. The van der Waals surface area contributed by atoms with Crippen LogP contribution in [0.15, 0.2) is 30.3 Å². The van der Waals surface area contributed by atoms with Crippen molar-refractivity contribution in [3.05, 3.63) is 41.5 Å². The van der Waals surface area contributed by atoms with Gasteiger partial charge in [-0.1, -0.05) is 24.3 Å². The third kappa shape index (κ3) is 4.41. The summed E-state index contributed by atoms with van der Waals surface area (Å²) in [5.41, 5.74) is 2.16. The standard InChI is InChI=1S/C17H24N2O2/c1-13-10-19(11-14(2)18(13)3)12-16-6-4-5-15(9-16)7-8-17(20)21/h4-9,13-14H,10-12H2,1-3H3,(H,20,21)/b8-7+. The van der Waals surface area contributed by atoms with Gasteiger partial charge in [0.15, 0.2) is 0 Å². The molecule has 0 spiro atoms. The van der Waals surface area contributed by atoms with Crippen LogP contribution in [0.25, 0.3) is 6.08 Å². The highest BCUT2D eigenvalue weighted by Crippen LogP contribution is 2.17. The lowest BCUT2D eigenvalue weighted by Crippen LogP contribution is -2.54. The van der Waals surface area contributed by atoms with Gasteiger partial charge in [0, 0.05) is 37.8 Å². The largest absolute Gasteiger partial charge is 0.478 e. The molecule has 0 bridgehead atoms. The van der Waals surface area contributed by atoms with Gasteiger partial charge in [-0.25, -0.2) is 4.79 Å². The van der Waals surface area contributed by atoms with E-state index in [4.69, 9.17) is 5.11 Å². The van der Waals surface area contributed by atoms with Gasteiger partial charge in [-0.05, 0) is 38.1 Å². The van der Waals surface area contributed by atoms with E-state index in [-0.39, 0.29) is 0 Å². The zero-order chi connectivity index (χ0) is 15.4. The van der Waals surface area contributed by atoms with Gasteiger partial charge in [0.25, 0.3) is 0 Å². The second kappa shape index (κ2) is 6.87. The molecule has 2 atom stereocenters. The summed E-state index contributed by atoms with van der Waals surface area (Å²) in [5.74, 6) is -0.915. The maximum atomic E-state index is 10.6. The molecule has 0 radical (unpaired) electrons. The van der Waals surface area contributed by atoms with Crippen LogP contribution < -0.4 is 0 Å². The van der Waals surface area contributed by atoms with Gasteiger partial charge in [0.05, 0.1) is 0 Å². The molecule has 1 fully saturated rings. The van der Waals surface area contributed by atoms with Crippen LogP contribution in [0.1, 0.15) is 25.0 Å². The SMILES string of the molecule is CC1CN(Cc2cccc(/C=C/C(=O)O)c2)CC(C)N1C. The number of rotatable bonds is 4. The number of hydrogen-bond donors (Lipinski definition) is 1. The summed E-state index contributed by atoms with van der Waals surface area (Å²) in [6.45, 7) is 7.56. The van der Waals surface area contributed by atoms with E-state index in [2.05, 4.69) is 42.8 Å². The normalized spacial score (nSPS) is 24.5. The minimum Gasteiger partial charge on any atom is -0.478 e. The van der Waals surface area contributed by atoms with E-state index in [0.29, 0.717) is 12.1 Å². The summed E-state index contributed by atoms with van der Waals surface area (Å²) in [7, 11) is 2.18. The van der Waals surface area contributed by atoms with Crippen LogP contribution in [0.3, 0.4) is 0 Å². The van der Waals surface area contributed by atoms with Crippen molar-refractivity contribution in [1.29, 1.82) is 0 Å². The van der Waals surface area contributed by atoms with E-state index in [0.717, 1.165) is 25.2 Å². The van der Waals surface area contributed by atoms with E-state index in [9.17, 15) is 4.79 Å². The molecule has 1 aliphatic rings. The van der Waals surface area contributed by atoms with Crippen molar-refractivity contribution >= 4 is 12.0 Å². The Labute approximate surface area is 126 Å². The van der Waals surface area contributed by atoms with Gasteiger partial charge in [-0.15, -0.1) is 0 Å². The molecule has 0 aliphatic carbocycles. The number of piperazine rings is 1. The maximum absolute atomic E-state index is 10.6. The molecular weight excluding hydrogens is 264 g/mol. The third-order valence-corrected chi connectivity index (χ3v) is 4.21. The van der Waals surface area contributed by atoms with E-state index < -0.39 is 5.97 Å². The molecule has 1 saturated heterocycles. The Hall–Kier alpha value is -1.65. The smallest absolute Gasteiger partial charge is 0.328 e. The van der Waals surface area contributed by atoms with Gasteiger partial charge in [-0.2, -0.15) is 0 Å². The Balaban J connectivity index is 2.03. The van der Waals surface area contributed by atoms with Crippen molar-refractivity contribution in [3.63, 3.8) is 0 Å². The number of hydrogen-bond acceptors (Lipinski definition) is 3. The molecule has 1 aromatic rings. The van der Waals surface area contributed by atoms with Crippen LogP contribution in [-0.4, -0.2) is 53.1 Å². The number of benzene rings is 1. The van der Waals surface area contributed by atoms with Gasteiger partial charge in [0.1, 0.15) is 0 Å². The van der Waals surface area contributed by atoms with E-state index >= 15 is 0 Å². The first kappa shape index (κ1) is 15.7. The Morgan fingerprint density at radius 3 is 2.62 bits per heavy atom. The number of carboxylic acid groups (broad SMARTS) is 1. The van der Waals surface area contributed by atoms with Gasteiger partial charge >= 0.3 is 5.97 Å². The molecule has 0 amide bonds. The van der Waals surface area contributed by atoms with Crippen molar-refractivity contribution in [1.82, 2.24) is 9.80 Å². The van der Waals surface area contributed by atoms with E-state index in [1.807, 2.05) is 12.1 Å². The molecule has 2 unspecified atom stereocenters. The average Bonchev–Trinajstić information content (AvgIpc) is 2.43.